The van der Waals surface area contributed by atoms with Crippen molar-refractivity contribution in [2.24, 2.45) is 11.8 Å². The predicted molar refractivity (Wildman–Crippen MR) is 79.2 cm³/mol. The summed E-state index contributed by atoms with van der Waals surface area (Å²) in [4.78, 5) is 0. The molecule has 0 radical (unpaired) electrons. The molecule has 19 heavy (non-hydrogen) atoms. The van der Waals surface area contributed by atoms with Crippen LogP contribution < -0.4 is 5.32 Å². The first-order valence-electron chi connectivity index (χ1n) is 7.28. The highest BCUT2D eigenvalue weighted by molar-refractivity contribution is 7.86. The zero-order valence-electron chi connectivity index (χ0n) is 12.7. The van der Waals surface area contributed by atoms with Gasteiger partial charge in [-0.2, -0.15) is 17.0 Å². The van der Waals surface area contributed by atoms with Crippen LogP contribution in [0.25, 0.3) is 0 Å². The highest BCUT2D eigenvalue weighted by atomic mass is 32.2. The van der Waals surface area contributed by atoms with Gasteiger partial charge >= 0.3 is 0 Å². The first-order valence-corrected chi connectivity index (χ1v) is 8.67. The Morgan fingerprint density at radius 1 is 1.21 bits per heavy atom. The van der Waals surface area contributed by atoms with Crippen molar-refractivity contribution in [1.29, 1.82) is 0 Å². The SMILES string of the molecule is CCCNCCCN(C)S(=O)(=O)N(C)CC1CC1C. The molecule has 0 spiro atoms. The standard InChI is InChI=1S/C13H29N3O2S/c1-5-7-14-8-6-9-15(3)19(17,18)16(4)11-13-10-12(13)2/h12-14H,5-11H2,1-4H3. The second kappa shape index (κ2) is 7.57. The van der Waals surface area contributed by atoms with Gasteiger partial charge in [0.05, 0.1) is 0 Å². The van der Waals surface area contributed by atoms with Gasteiger partial charge in [0.25, 0.3) is 10.2 Å². The number of hydrogen-bond donors (Lipinski definition) is 1. The molecule has 0 aromatic carbocycles. The fourth-order valence-corrected chi connectivity index (χ4v) is 3.38. The van der Waals surface area contributed by atoms with E-state index in [0.717, 1.165) is 32.4 Å². The van der Waals surface area contributed by atoms with Crippen LogP contribution in [0.3, 0.4) is 0 Å². The summed E-state index contributed by atoms with van der Waals surface area (Å²) in [7, 11) is 0.0840. The molecule has 1 N–H and O–H groups in total. The van der Waals surface area contributed by atoms with E-state index in [1.807, 2.05) is 0 Å². The largest absolute Gasteiger partial charge is 0.317 e. The molecule has 0 heterocycles. The summed E-state index contributed by atoms with van der Waals surface area (Å²) < 4.78 is 27.5. The molecule has 5 nitrogen and oxygen atoms in total. The van der Waals surface area contributed by atoms with Crippen molar-refractivity contribution < 1.29 is 8.42 Å². The first kappa shape index (κ1) is 16.9. The summed E-state index contributed by atoms with van der Waals surface area (Å²) >= 11 is 0. The minimum absolute atomic E-state index is 0.555. The second-order valence-corrected chi connectivity index (χ2v) is 7.83. The second-order valence-electron chi connectivity index (χ2n) is 5.69. The molecule has 0 bridgehead atoms. The third-order valence-corrected chi connectivity index (χ3v) is 5.72. The van der Waals surface area contributed by atoms with Crippen molar-refractivity contribution >= 4 is 10.2 Å². The summed E-state index contributed by atoms with van der Waals surface area (Å²) in [6.07, 6.45) is 3.12. The van der Waals surface area contributed by atoms with E-state index in [-0.39, 0.29) is 0 Å². The molecule has 1 rings (SSSR count). The zero-order valence-corrected chi connectivity index (χ0v) is 13.5. The number of nitrogens with one attached hydrogen (secondary N) is 1. The van der Waals surface area contributed by atoms with Crippen LogP contribution in [0.5, 0.6) is 0 Å². The summed E-state index contributed by atoms with van der Waals surface area (Å²) in [6, 6.07) is 0. The van der Waals surface area contributed by atoms with Crippen LogP contribution in [-0.2, 0) is 10.2 Å². The maximum Gasteiger partial charge on any atom is 0.281 e. The van der Waals surface area contributed by atoms with Crippen LogP contribution in [0.2, 0.25) is 0 Å². The number of nitrogens with zero attached hydrogens (tertiary/aromatic N) is 2. The minimum Gasteiger partial charge on any atom is -0.317 e. The lowest BCUT2D eigenvalue weighted by Crippen LogP contribution is -2.41. The van der Waals surface area contributed by atoms with Crippen LogP contribution in [-0.4, -0.2) is 57.3 Å². The molecule has 1 fully saturated rings. The topological polar surface area (TPSA) is 52.7 Å². The van der Waals surface area contributed by atoms with Gasteiger partial charge in [-0.05, 0) is 44.2 Å². The molecule has 0 amide bonds. The van der Waals surface area contributed by atoms with E-state index in [2.05, 4.69) is 19.2 Å². The highest BCUT2D eigenvalue weighted by Gasteiger charge is 2.36. The molecule has 2 atom stereocenters. The predicted octanol–water partition coefficient (Wildman–Crippen LogP) is 1.14. The van der Waals surface area contributed by atoms with Crippen LogP contribution in [0.4, 0.5) is 0 Å². The Morgan fingerprint density at radius 2 is 1.84 bits per heavy atom. The minimum atomic E-state index is -3.27. The summed E-state index contributed by atoms with van der Waals surface area (Å²) in [5.74, 6) is 1.24. The van der Waals surface area contributed by atoms with Gasteiger partial charge in [0, 0.05) is 27.2 Å². The van der Waals surface area contributed by atoms with Gasteiger partial charge in [0.1, 0.15) is 0 Å². The van der Waals surface area contributed by atoms with E-state index in [0.29, 0.717) is 24.9 Å². The molecular formula is C13H29N3O2S. The summed E-state index contributed by atoms with van der Waals surface area (Å²) in [5.41, 5.74) is 0. The highest BCUT2D eigenvalue weighted by Crippen LogP contribution is 2.38. The van der Waals surface area contributed by atoms with Crippen molar-refractivity contribution in [3.05, 3.63) is 0 Å². The molecular weight excluding hydrogens is 262 g/mol. The van der Waals surface area contributed by atoms with Crippen molar-refractivity contribution in [3.63, 3.8) is 0 Å². The molecule has 0 aliphatic heterocycles. The van der Waals surface area contributed by atoms with Gasteiger partial charge < -0.3 is 5.32 Å². The van der Waals surface area contributed by atoms with Crippen LogP contribution >= 0.6 is 0 Å². The Kier molecular flexibility index (Phi) is 6.73. The molecule has 1 aliphatic carbocycles. The Morgan fingerprint density at radius 3 is 2.37 bits per heavy atom. The maximum absolute atomic E-state index is 12.3. The van der Waals surface area contributed by atoms with Gasteiger partial charge in [0.2, 0.25) is 0 Å². The first-order chi connectivity index (χ1) is 8.89. The average molecular weight is 291 g/mol. The van der Waals surface area contributed by atoms with Crippen molar-refractivity contribution in [3.8, 4) is 0 Å². The van der Waals surface area contributed by atoms with E-state index < -0.39 is 10.2 Å². The molecule has 0 aromatic rings. The van der Waals surface area contributed by atoms with Gasteiger partial charge in [-0.1, -0.05) is 13.8 Å². The molecule has 114 valence electrons. The lowest BCUT2D eigenvalue weighted by molar-refractivity contribution is 0.376. The van der Waals surface area contributed by atoms with Gasteiger partial charge in [-0.15, -0.1) is 0 Å². The van der Waals surface area contributed by atoms with E-state index in [1.54, 1.807) is 14.1 Å². The fourth-order valence-electron chi connectivity index (χ4n) is 2.16. The van der Waals surface area contributed by atoms with Gasteiger partial charge in [-0.3, -0.25) is 0 Å². The Bertz CT molecular complexity index is 359. The molecule has 1 saturated carbocycles. The molecule has 0 saturated heterocycles. The molecule has 0 aromatic heterocycles. The average Bonchev–Trinajstić information content (AvgIpc) is 3.04. The fraction of sp³-hybridized carbons (Fsp3) is 1.00. The smallest absolute Gasteiger partial charge is 0.281 e. The molecule has 2 unspecified atom stereocenters. The Hall–Kier alpha value is -0.170. The van der Waals surface area contributed by atoms with Crippen molar-refractivity contribution in [2.75, 3.05) is 40.3 Å². The molecule has 1 aliphatic rings. The summed E-state index contributed by atoms with van der Waals surface area (Å²) in [5, 5.41) is 3.28. The van der Waals surface area contributed by atoms with E-state index in [9.17, 15) is 8.42 Å². The maximum atomic E-state index is 12.3. The van der Waals surface area contributed by atoms with Crippen LogP contribution in [0.1, 0.15) is 33.1 Å². The van der Waals surface area contributed by atoms with Gasteiger partial charge in [0.15, 0.2) is 0 Å². The van der Waals surface area contributed by atoms with E-state index in [1.165, 1.54) is 8.61 Å². The van der Waals surface area contributed by atoms with Gasteiger partial charge in [-0.25, -0.2) is 0 Å². The monoisotopic (exact) mass is 291 g/mol. The Balaban J connectivity index is 2.29. The molecule has 6 heteroatoms. The van der Waals surface area contributed by atoms with Crippen molar-refractivity contribution in [1.82, 2.24) is 13.9 Å². The van der Waals surface area contributed by atoms with Crippen LogP contribution in [0, 0.1) is 11.8 Å². The lowest BCUT2D eigenvalue weighted by Gasteiger charge is -2.24. The third-order valence-electron chi connectivity index (χ3n) is 3.81. The number of hydrogen-bond acceptors (Lipinski definition) is 3. The third kappa shape index (κ3) is 5.38. The van der Waals surface area contributed by atoms with E-state index in [4.69, 9.17) is 0 Å². The lowest BCUT2D eigenvalue weighted by atomic mass is 10.3. The number of rotatable bonds is 10. The quantitative estimate of drug-likeness (QED) is 0.614. The van der Waals surface area contributed by atoms with E-state index >= 15 is 0 Å². The normalized spacial score (nSPS) is 23.3. The van der Waals surface area contributed by atoms with Crippen LogP contribution in [0.15, 0.2) is 0 Å². The summed E-state index contributed by atoms with van der Waals surface area (Å²) in [6.45, 7) is 7.39. The van der Waals surface area contributed by atoms with Crippen molar-refractivity contribution in [2.45, 2.75) is 33.1 Å². The Labute approximate surface area is 118 Å². The zero-order chi connectivity index (χ0) is 14.5.